The van der Waals surface area contributed by atoms with Crippen LogP contribution >= 0.6 is 24.0 Å². The number of ether oxygens (including phenoxy) is 2. The average molecular weight is 447 g/mol. The molecule has 3 rings (SSSR count). The quantitative estimate of drug-likeness (QED) is 0.376. The number of rotatable bonds is 7. The second-order valence-corrected chi connectivity index (χ2v) is 9.22. The largest absolute Gasteiger partial charge is 0.488 e. The van der Waals surface area contributed by atoms with Crippen molar-refractivity contribution in [2.24, 2.45) is 0 Å². The average Bonchev–Trinajstić information content (AvgIpc) is 3.44. The number of benzene rings is 1. The Hall–Kier alpha value is -2.32. The number of thiol groups is 1. The summed E-state index contributed by atoms with van der Waals surface area (Å²) in [5, 5.41) is 5.00. The highest BCUT2D eigenvalue weighted by Gasteiger charge is 2.25. The molecule has 1 atom stereocenters. The predicted molar refractivity (Wildman–Crippen MR) is 122 cm³/mol. The van der Waals surface area contributed by atoms with Gasteiger partial charge in [0, 0.05) is 22.3 Å². The Balaban J connectivity index is 1.81. The summed E-state index contributed by atoms with van der Waals surface area (Å²) in [7, 11) is 1.27. The van der Waals surface area contributed by atoms with Gasteiger partial charge >= 0.3 is 5.97 Å². The van der Waals surface area contributed by atoms with E-state index in [9.17, 15) is 9.59 Å². The van der Waals surface area contributed by atoms with Crippen LogP contribution in [0.25, 0.3) is 16.3 Å². The lowest BCUT2D eigenvalue weighted by atomic mass is 10.1. The normalized spacial score (nSPS) is 14.1. The number of carbonyl (C=O) groups is 2. The number of nitrogens with one attached hydrogen (secondary N) is 1. The van der Waals surface area contributed by atoms with Crippen molar-refractivity contribution in [1.82, 2.24) is 10.3 Å². The molecule has 6 nitrogen and oxygen atoms in total. The van der Waals surface area contributed by atoms with Gasteiger partial charge in [-0.05, 0) is 45.3 Å². The fourth-order valence-corrected chi connectivity index (χ4v) is 3.83. The van der Waals surface area contributed by atoms with Crippen molar-refractivity contribution < 1.29 is 19.1 Å². The Bertz CT molecular complexity index is 970. The first kappa shape index (κ1) is 22.4. The number of hydrogen-bond donors (Lipinski definition) is 2. The second kappa shape index (κ2) is 9.22. The summed E-state index contributed by atoms with van der Waals surface area (Å²) < 4.78 is 10.9. The van der Waals surface area contributed by atoms with Crippen molar-refractivity contribution in [3.63, 3.8) is 0 Å². The SMILES string of the molecule is COC(=O)C(CS)NC(=O)c1csc(-c2cccc(C(OC(C)(C)C)=C3CC3)c2)n1. The number of amides is 1. The van der Waals surface area contributed by atoms with E-state index < -0.39 is 17.9 Å². The molecule has 1 aliphatic rings. The summed E-state index contributed by atoms with van der Waals surface area (Å²) in [6.07, 6.45) is 2.12. The lowest BCUT2D eigenvalue weighted by Crippen LogP contribution is -2.43. The molecule has 2 aromatic rings. The van der Waals surface area contributed by atoms with Crippen LogP contribution in [0, 0.1) is 0 Å². The number of methoxy groups -OCH3 is 1. The van der Waals surface area contributed by atoms with E-state index in [4.69, 9.17) is 4.74 Å². The highest BCUT2D eigenvalue weighted by Crippen LogP contribution is 2.40. The number of aromatic nitrogens is 1. The monoisotopic (exact) mass is 446 g/mol. The lowest BCUT2D eigenvalue weighted by Gasteiger charge is -2.24. The van der Waals surface area contributed by atoms with Gasteiger partial charge in [-0.25, -0.2) is 9.78 Å². The third-order valence-corrected chi connectivity index (χ3v) is 5.57. The summed E-state index contributed by atoms with van der Waals surface area (Å²) in [5.41, 5.74) is 3.21. The summed E-state index contributed by atoms with van der Waals surface area (Å²) in [6.45, 7) is 6.12. The Kier molecular flexibility index (Phi) is 6.88. The van der Waals surface area contributed by atoms with Gasteiger partial charge in [0.15, 0.2) is 0 Å². The van der Waals surface area contributed by atoms with Crippen LogP contribution < -0.4 is 5.32 Å². The molecule has 1 heterocycles. The Labute approximate surface area is 186 Å². The van der Waals surface area contributed by atoms with Crippen LogP contribution in [0.15, 0.2) is 35.2 Å². The number of hydrogen-bond acceptors (Lipinski definition) is 7. The molecule has 0 spiro atoms. The molecule has 0 aliphatic heterocycles. The minimum absolute atomic E-state index is 0.142. The first-order valence-electron chi connectivity index (χ1n) is 9.68. The minimum Gasteiger partial charge on any atom is -0.488 e. The molecule has 8 heteroatoms. The second-order valence-electron chi connectivity index (χ2n) is 8.00. The van der Waals surface area contributed by atoms with Gasteiger partial charge in [0.25, 0.3) is 5.91 Å². The maximum atomic E-state index is 12.5. The molecule has 1 amide bonds. The molecule has 1 fully saturated rings. The topological polar surface area (TPSA) is 77.5 Å². The van der Waals surface area contributed by atoms with Gasteiger partial charge in [-0.1, -0.05) is 18.2 Å². The van der Waals surface area contributed by atoms with Crippen LogP contribution in [0.4, 0.5) is 0 Å². The zero-order valence-corrected chi connectivity index (χ0v) is 19.2. The van der Waals surface area contributed by atoms with Crippen molar-refractivity contribution >= 4 is 41.6 Å². The molecule has 1 aromatic carbocycles. The van der Waals surface area contributed by atoms with Gasteiger partial charge in [-0.2, -0.15) is 12.6 Å². The summed E-state index contributed by atoms with van der Waals surface area (Å²) in [4.78, 5) is 28.6. The first-order valence-corrected chi connectivity index (χ1v) is 11.2. The van der Waals surface area contributed by atoms with Crippen molar-refractivity contribution in [2.75, 3.05) is 12.9 Å². The van der Waals surface area contributed by atoms with E-state index in [1.807, 2.05) is 45.0 Å². The van der Waals surface area contributed by atoms with E-state index in [-0.39, 0.29) is 17.0 Å². The molecular formula is C22H26N2O4S2. The number of nitrogens with zero attached hydrogens (tertiary/aromatic N) is 1. The molecule has 0 bridgehead atoms. The first-order chi connectivity index (χ1) is 14.2. The van der Waals surface area contributed by atoms with Crippen molar-refractivity contribution in [1.29, 1.82) is 0 Å². The zero-order valence-electron chi connectivity index (χ0n) is 17.5. The number of esters is 1. The maximum Gasteiger partial charge on any atom is 0.329 e. The molecule has 1 aliphatic carbocycles. The van der Waals surface area contributed by atoms with E-state index in [0.29, 0.717) is 0 Å². The van der Waals surface area contributed by atoms with Crippen LogP contribution in [0.2, 0.25) is 0 Å². The smallest absolute Gasteiger partial charge is 0.329 e. The summed E-state index contributed by atoms with van der Waals surface area (Å²) in [6, 6.07) is 7.18. The molecule has 1 saturated carbocycles. The fraction of sp³-hybridized carbons (Fsp3) is 0.409. The van der Waals surface area contributed by atoms with Gasteiger partial charge < -0.3 is 14.8 Å². The molecule has 1 N–H and O–H groups in total. The number of allylic oxidation sites excluding steroid dienone is 1. The van der Waals surface area contributed by atoms with Crippen LogP contribution in [-0.2, 0) is 14.3 Å². The third kappa shape index (κ3) is 5.64. The third-order valence-electron chi connectivity index (χ3n) is 4.31. The molecule has 0 saturated heterocycles. The van der Waals surface area contributed by atoms with E-state index in [1.165, 1.54) is 24.0 Å². The minimum atomic E-state index is -0.818. The number of carbonyl (C=O) groups excluding carboxylic acids is 2. The van der Waals surface area contributed by atoms with E-state index in [1.54, 1.807) is 5.38 Å². The van der Waals surface area contributed by atoms with Crippen LogP contribution in [-0.4, -0.2) is 41.4 Å². The Morgan fingerprint density at radius 3 is 2.63 bits per heavy atom. The number of thiazole rings is 1. The maximum absolute atomic E-state index is 12.5. The van der Waals surface area contributed by atoms with Gasteiger partial charge in [-0.3, -0.25) is 4.79 Å². The highest BCUT2D eigenvalue weighted by molar-refractivity contribution is 7.80. The fourth-order valence-electron chi connectivity index (χ4n) is 2.79. The van der Waals surface area contributed by atoms with Crippen molar-refractivity contribution in [2.45, 2.75) is 45.3 Å². The Morgan fingerprint density at radius 1 is 1.30 bits per heavy atom. The molecule has 160 valence electrons. The van der Waals surface area contributed by atoms with E-state index >= 15 is 0 Å². The zero-order chi connectivity index (χ0) is 21.9. The summed E-state index contributed by atoms with van der Waals surface area (Å²) >= 11 is 5.46. The molecular weight excluding hydrogens is 420 g/mol. The van der Waals surface area contributed by atoms with E-state index in [0.717, 1.165) is 34.7 Å². The van der Waals surface area contributed by atoms with Gasteiger partial charge in [0.2, 0.25) is 0 Å². The predicted octanol–water partition coefficient (Wildman–Crippen LogP) is 4.33. The van der Waals surface area contributed by atoms with Crippen molar-refractivity contribution in [3.05, 3.63) is 46.5 Å². The van der Waals surface area contributed by atoms with Crippen LogP contribution in [0.5, 0.6) is 0 Å². The van der Waals surface area contributed by atoms with Gasteiger partial charge in [-0.15, -0.1) is 11.3 Å². The molecule has 30 heavy (non-hydrogen) atoms. The van der Waals surface area contributed by atoms with Gasteiger partial charge in [0.1, 0.15) is 28.1 Å². The standard InChI is InChI=1S/C22H26N2O4S2/c1-22(2,3)28-18(13-8-9-13)14-6-5-7-15(10-14)20-24-17(12-30-20)19(25)23-16(11-29)21(26)27-4/h5-7,10,12,16,29H,8-9,11H2,1-4H3,(H,23,25). The molecule has 0 radical (unpaired) electrons. The van der Waals surface area contributed by atoms with Gasteiger partial charge in [0.05, 0.1) is 7.11 Å². The van der Waals surface area contributed by atoms with Crippen LogP contribution in [0.3, 0.4) is 0 Å². The summed E-state index contributed by atoms with van der Waals surface area (Å²) in [5.74, 6) is 0.104. The molecule has 1 unspecified atom stereocenters. The van der Waals surface area contributed by atoms with Crippen LogP contribution in [0.1, 0.15) is 49.7 Å². The highest BCUT2D eigenvalue weighted by atomic mass is 32.1. The van der Waals surface area contributed by atoms with Crippen molar-refractivity contribution in [3.8, 4) is 10.6 Å². The Morgan fingerprint density at radius 2 is 2.03 bits per heavy atom. The molecule has 1 aromatic heterocycles. The lowest BCUT2D eigenvalue weighted by molar-refractivity contribution is -0.142. The van der Waals surface area contributed by atoms with E-state index in [2.05, 4.69) is 27.7 Å².